The van der Waals surface area contributed by atoms with Gasteiger partial charge in [-0.2, -0.15) is 5.26 Å². The summed E-state index contributed by atoms with van der Waals surface area (Å²) < 4.78 is 0. The molecular weight excluding hydrogens is 232 g/mol. The Morgan fingerprint density at radius 1 is 1.21 bits per heavy atom. The van der Waals surface area contributed by atoms with Gasteiger partial charge in [-0.3, -0.25) is 0 Å². The molecule has 0 amide bonds. The molecule has 0 heterocycles. The van der Waals surface area contributed by atoms with Crippen LogP contribution in [0.15, 0.2) is 18.2 Å². The summed E-state index contributed by atoms with van der Waals surface area (Å²) in [5.74, 6) is 0.507. The summed E-state index contributed by atoms with van der Waals surface area (Å²) in [5.41, 5.74) is 3.44. The number of hydrogen-bond donors (Lipinski definition) is 0. The number of benzene rings is 1. The van der Waals surface area contributed by atoms with E-state index in [1.807, 2.05) is 27.9 Å². The standard InChI is InChI=1S/C17H26N2/c1-12(2)14-9-8-13(3)15(10-14)16(19(6)7)17(4,5)11-18/h8-10,12,16H,1-7H3. The van der Waals surface area contributed by atoms with Crippen LogP contribution < -0.4 is 0 Å². The molecule has 2 heteroatoms. The highest BCUT2D eigenvalue weighted by molar-refractivity contribution is 5.36. The van der Waals surface area contributed by atoms with Gasteiger partial charge >= 0.3 is 0 Å². The molecule has 0 radical (unpaired) electrons. The maximum absolute atomic E-state index is 9.47. The monoisotopic (exact) mass is 258 g/mol. The van der Waals surface area contributed by atoms with Gasteiger partial charge in [0.15, 0.2) is 0 Å². The maximum Gasteiger partial charge on any atom is 0.0714 e. The first-order valence-corrected chi connectivity index (χ1v) is 6.88. The molecule has 0 aromatic heterocycles. The summed E-state index contributed by atoms with van der Waals surface area (Å²) in [6.45, 7) is 10.6. The third-order valence-corrected chi connectivity index (χ3v) is 3.75. The van der Waals surface area contributed by atoms with Crippen molar-refractivity contribution in [1.29, 1.82) is 5.26 Å². The lowest BCUT2D eigenvalue weighted by molar-refractivity contribution is 0.184. The average Bonchev–Trinajstić information content (AvgIpc) is 2.30. The largest absolute Gasteiger partial charge is 0.301 e. The first-order valence-electron chi connectivity index (χ1n) is 6.88. The zero-order valence-corrected chi connectivity index (χ0v) is 13.3. The fourth-order valence-electron chi connectivity index (χ4n) is 2.69. The van der Waals surface area contributed by atoms with Gasteiger partial charge in [-0.05, 0) is 57.5 Å². The van der Waals surface area contributed by atoms with Gasteiger partial charge in [0.2, 0.25) is 0 Å². The number of nitriles is 1. The highest BCUT2D eigenvalue weighted by Gasteiger charge is 2.33. The van der Waals surface area contributed by atoms with Gasteiger partial charge < -0.3 is 4.90 Å². The highest BCUT2D eigenvalue weighted by atomic mass is 15.1. The van der Waals surface area contributed by atoms with E-state index in [1.165, 1.54) is 16.7 Å². The molecule has 1 rings (SSSR count). The SMILES string of the molecule is Cc1ccc(C(C)C)cc1C(N(C)C)C(C)(C)C#N. The normalized spacial score (nSPS) is 13.7. The van der Waals surface area contributed by atoms with Crippen LogP contribution in [-0.2, 0) is 0 Å². The molecular formula is C17H26N2. The third-order valence-electron chi connectivity index (χ3n) is 3.75. The van der Waals surface area contributed by atoms with Crippen LogP contribution in [0.4, 0.5) is 0 Å². The molecule has 0 bridgehead atoms. The lowest BCUT2D eigenvalue weighted by atomic mass is 9.78. The zero-order chi connectivity index (χ0) is 14.8. The summed E-state index contributed by atoms with van der Waals surface area (Å²) in [4.78, 5) is 2.15. The Bertz CT molecular complexity index is 479. The molecule has 2 nitrogen and oxygen atoms in total. The van der Waals surface area contributed by atoms with E-state index in [9.17, 15) is 5.26 Å². The molecule has 0 spiro atoms. The zero-order valence-electron chi connectivity index (χ0n) is 13.3. The van der Waals surface area contributed by atoms with Gasteiger partial charge in [-0.25, -0.2) is 0 Å². The van der Waals surface area contributed by atoms with Crippen LogP contribution in [0.1, 0.15) is 56.3 Å². The third kappa shape index (κ3) is 3.36. The molecule has 1 aromatic rings. The van der Waals surface area contributed by atoms with Crippen molar-refractivity contribution >= 4 is 0 Å². The van der Waals surface area contributed by atoms with Gasteiger partial charge in [-0.15, -0.1) is 0 Å². The van der Waals surface area contributed by atoms with Crippen molar-refractivity contribution in [3.63, 3.8) is 0 Å². The molecule has 0 aliphatic rings. The van der Waals surface area contributed by atoms with Gasteiger partial charge in [0, 0.05) is 0 Å². The minimum atomic E-state index is -0.413. The summed E-state index contributed by atoms with van der Waals surface area (Å²) in [7, 11) is 4.09. The van der Waals surface area contributed by atoms with Crippen LogP contribution in [0, 0.1) is 23.7 Å². The smallest absolute Gasteiger partial charge is 0.0714 e. The van der Waals surface area contributed by atoms with E-state index in [-0.39, 0.29) is 6.04 Å². The number of aryl methyl sites for hydroxylation is 1. The highest BCUT2D eigenvalue weighted by Crippen LogP contribution is 2.38. The average molecular weight is 258 g/mol. The second-order valence-corrected chi connectivity index (χ2v) is 6.47. The van der Waals surface area contributed by atoms with E-state index in [1.54, 1.807) is 0 Å². The lowest BCUT2D eigenvalue weighted by Gasteiger charge is -2.35. The van der Waals surface area contributed by atoms with Crippen molar-refractivity contribution in [2.24, 2.45) is 5.41 Å². The van der Waals surface area contributed by atoms with E-state index in [4.69, 9.17) is 0 Å². The fourth-order valence-corrected chi connectivity index (χ4v) is 2.69. The topological polar surface area (TPSA) is 27.0 Å². The van der Waals surface area contributed by atoms with Crippen molar-refractivity contribution in [2.45, 2.75) is 46.6 Å². The Balaban J connectivity index is 3.39. The molecule has 0 fully saturated rings. The van der Waals surface area contributed by atoms with Crippen LogP contribution in [0.25, 0.3) is 0 Å². The molecule has 19 heavy (non-hydrogen) atoms. The van der Waals surface area contributed by atoms with Crippen molar-refractivity contribution < 1.29 is 0 Å². The minimum Gasteiger partial charge on any atom is -0.301 e. The summed E-state index contributed by atoms with van der Waals surface area (Å²) in [6.07, 6.45) is 0. The molecule has 0 aliphatic carbocycles. The summed E-state index contributed by atoms with van der Waals surface area (Å²) >= 11 is 0. The second-order valence-electron chi connectivity index (χ2n) is 6.47. The Labute approximate surface area is 118 Å². The van der Waals surface area contributed by atoms with Crippen molar-refractivity contribution in [3.05, 3.63) is 34.9 Å². The Morgan fingerprint density at radius 2 is 1.79 bits per heavy atom. The van der Waals surface area contributed by atoms with Gasteiger partial charge in [0.25, 0.3) is 0 Å². The van der Waals surface area contributed by atoms with E-state index >= 15 is 0 Å². The molecule has 0 N–H and O–H groups in total. The molecule has 1 unspecified atom stereocenters. The predicted octanol–water partition coefficient (Wildman–Crippen LogP) is 4.27. The maximum atomic E-state index is 9.47. The molecule has 0 aliphatic heterocycles. The summed E-state index contributed by atoms with van der Waals surface area (Å²) in [5, 5.41) is 9.47. The Morgan fingerprint density at radius 3 is 2.21 bits per heavy atom. The Kier molecular flexibility index (Phi) is 4.76. The van der Waals surface area contributed by atoms with Crippen LogP contribution >= 0.6 is 0 Å². The van der Waals surface area contributed by atoms with E-state index in [0.29, 0.717) is 5.92 Å². The molecule has 0 saturated heterocycles. The van der Waals surface area contributed by atoms with Gasteiger partial charge in [0.05, 0.1) is 17.5 Å². The molecule has 0 saturated carbocycles. The van der Waals surface area contributed by atoms with Gasteiger partial charge in [-0.1, -0.05) is 32.0 Å². The predicted molar refractivity (Wildman–Crippen MR) is 81.1 cm³/mol. The quantitative estimate of drug-likeness (QED) is 0.806. The van der Waals surface area contributed by atoms with Crippen LogP contribution in [0.5, 0.6) is 0 Å². The number of hydrogen-bond acceptors (Lipinski definition) is 2. The Hall–Kier alpha value is -1.33. The molecule has 104 valence electrons. The fraction of sp³-hybridized carbons (Fsp3) is 0.588. The van der Waals surface area contributed by atoms with E-state index < -0.39 is 5.41 Å². The van der Waals surface area contributed by atoms with E-state index in [0.717, 1.165) is 0 Å². The van der Waals surface area contributed by atoms with Crippen LogP contribution in [-0.4, -0.2) is 19.0 Å². The van der Waals surface area contributed by atoms with Gasteiger partial charge in [0.1, 0.15) is 0 Å². The van der Waals surface area contributed by atoms with Crippen LogP contribution in [0.2, 0.25) is 0 Å². The van der Waals surface area contributed by atoms with Crippen molar-refractivity contribution in [2.75, 3.05) is 14.1 Å². The number of nitrogens with zero attached hydrogens (tertiary/aromatic N) is 2. The summed E-state index contributed by atoms with van der Waals surface area (Å²) in [6, 6.07) is 9.20. The van der Waals surface area contributed by atoms with E-state index in [2.05, 4.69) is 49.9 Å². The first-order chi connectivity index (χ1) is 8.70. The van der Waals surface area contributed by atoms with Crippen molar-refractivity contribution in [1.82, 2.24) is 4.90 Å². The molecule has 1 aromatic carbocycles. The number of rotatable bonds is 4. The minimum absolute atomic E-state index is 0.108. The lowest BCUT2D eigenvalue weighted by Crippen LogP contribution is -2.33. The van der Waals surface area contributed by atoms with Crippen LogP contribution in [0.3, 0.4) is 0 Å². The van der Waals surface area contributed by atoms with Crippen molar-refractivity contribution in [3.8, 4) is 6.07 Å². The second kappa shape index (κ2) is 5.75. The first kappa shape index (κ1) is 15.7. The molecule has 1 atom stereocenters.